The third-order valence-corrected chi connectivity index (χ3v) is 3.56. The normalized spacial score (nSPS) is 12.3. The average Bonchev–Trinajstić information content (AvgIpc) is 3.02. The minimum atomic E-state index is -0.511. The van der Waals surface area contributed by atoms with Gasteiger partial charge in [-0.3, -0.25) is 4.79 Å². The van der Waals surface area contributed by atoms with Crippen molar-refractivity contribution in [1.29, 1.82) is 0 Å². The third kappa shape index (κ3) is 5.49. The first-order chi connectivity index (χ1) is 11.1. The van der Waals surface area contributed by atoms with E-state index in [0.29, 0.717) is 31.0 Å². The summed E-state index contributed by atoms with van der Waals surface area (Å²) in [6.45, 7) is 4.11. The highest BCUT2D eigenvalue weighted by Crippen LogP contribution is 2.17. The minimum absolute atomic E-state index is 0.0764. The second kappa shape index (κ2) is 8.43. The van der Waals surface area contributed by atoms with Crippen LogP contribution in [0.15, 0.2) is 34.7 Å². The molecule has 23 heavy (non-hydrogen) atoms. The summed E-state index contributed by atoms with van der Waals surface area (Å²) < 4.78 is 5.59. The Kier molecular flexibility index (Phi) is 6.29. The number of rotatable bonds is 8. The van der Waals surface area contributed by atoms with E-state index in [0.717, 1.165) is 5.56 Å². The molecule has 0 aliphatic heterocycles. The fraction of sp³-hybridized carbons (Fsp3) is 0.471. The maximum Gasteiger partial charge on any atom is 0.247 e. The molecular formula is C17H23N3O3. The van der Waals surface area contributed by atoms with E-state index in [1.54, 1.807) is 0 Å². The van der Waals surface area contributed by atoms with E-state index in [2.05, 4.69) is 15.5 Å². The van der Waals surface area contributed by atoms with Crippen molar-refractivity contribution in [3.63, 3.8) is 0 Å². The Morgan fingerprint density at radius 2 is 2.00 bits per heavy atom. The lowest BCUT2D eigenvalue weighted by Crippen LogP contribution is -2.34. The number of hydrogen-bond donors (Lipinski definition) is 2. The number of aromatic nitrogens is 2. The van der Waals surface area contributed by atoms with Crippen LogP contribution in [-0.2, 0) is 11.2 Å². The first-order valence-corrected chi connectivity index (χ1v) is 7.89. The van der Waals surface area contributed by atoms with E-state index in [4.69, 9.17) is 4.42 Å². The fourth-order valence-corrected chi connectivity index (χ4v) is 1.99. The standard InChI is InChI=1S/C17H23N3O3/c1-12(2)14(21)11-18-15(22)9-6-10-16-19-20-17(23-16)13-7-4-3-5-8-13/h3-5,7-8,12,14,21H,6,9-11H2,1-2H3,(H,18,22). The Bertz CT molecular complexity index is 611. The number of aliphatic hydroxyl groups is 1. The molecule has 0 spiro atoms. The number of carbonyl (C=O) groups is 1. The molecule has 0 fully saturated rings. The summed E-state index contributed by atoms with van der Waals surface area (Å²) in [6, 6.07) is 9.56. The van der Waals surface area contributed by atoms with Crippen LogP contribution in [0.25, 0.3) is 11.5 Å². The van der Waals surface area contributed by atoms with Crippen molar-refractivity contribution >= 4 is 5.91 Å². The lowest BCUT2D eigenvalue weighted by atomic mass is 10.1. The van der Waals surface area contributed by atoms with Gasteiger partial charge in [-0.2, -0.15) is 0 Å². The number of hydrogen-bond acceptors (Lipinski definition) is 5. The predicted octanol–water partition coefficient (Wildman–Crippen LogP) is 2.19. The Balaban J connectivity index is 1.72. The quantitative estimate of drug-likeness (QED) is 0.779. The number of nitrogens with one attached hydrogen (secondary N) is 1. The van der Waals surface area contributed by atoms with Crippen molar-refractivity contribution in [1.82, 2.24) is 15.5 Å². The molecule has 1 atom stereocenters. The predicted molar refractivity (Wildman–Crippen MR) is 86.5 cm³/mol. The maximum absolute atomic E-state index is 11.7. The average molecular weight is 317 g/mol. The SMILES string of the molecule is CC(C)C(O)CNC(=O)CCCc1nnc(-c2ccccc2)o1. The van der Waals surface area contributed by atoms with Gasteiger partial charge in [-0.05, 0) is 24.5 Å². The Morgan fingerprint density at radius 1 is 1.26 bits per heavy atom. The zero-order valence-corrected chi connectivity index (χ0v) is 13.5. The Labute approximate surface area is 135 Å². The summed E-state index contributed by atoms with van der Waals surface area (Å²) >= 11 is 0. The van der Waals surface area contributed by atoms with Gasteiger partial charge >= 0.3 is 0 Å². The van der Waals surface area contributed by atoms with Crippen LogP contribution in [0.4, 0.5) is 0 Å². The van der Waals surface area contributed by atoms with Crippen LogP contribution in [0.3, 0.4) is 0 Å². The molecule has 6 heteroatoms. The van der Waals surface area contributed by atoms with E-state index in [1.807, 2.05) is 44.2 Å². The van der Waals surface area contributed by atoms with Gasteiger partial charge in [-0.15, -0.1) is 10.2 Å². The molecule has 1 unspecified atom stereocenters. The molecule has 0 aliphatic rings. The zero-order valence-electron chi connectivity index (χ0n) is 13.5. The van der Waals surface area contributed by atoms with E-state index in [1.165, 1.54) is 0 Å². The van der Waals surface area contributed by atoms with Gasteiger partial charge in [-0.25, -0.2) is 0 Å². The van der Waals surface area contributed by atoms with E-state index < -0.39 is 6.10 Å². The molecule has 1 heterocycles. The summed E-state index contributed by atoms with van der Waals surface area (Å²) in [5, 5.41) is 20.4. The lowest BCUT2D eigenvalue weighted by molar-refractivity contribution is -0.121. The molecule has 124 valence electrons. The molecule has 0 saturated carbocycles. The first kappa shape index (κ1) is 17.1. The number of carbonyl (C=O) groups excluding carboxylic acids is 1. The zero-order chi connectivity index (χ0) is 16.7. The van der Waals surface area contributed by atoms with Crippen LogP contribution in [0.2, 0.25) is 0 Å². The Hall–Kier alpha value is -2.21. The van der Waals surface area contributed by atoms with Gasteiger partial charge in [0.1, 0.15) is 0 Å². The largest absolute Gasteiger partial charge is 0.421 e. The summed E-state index contributed by atoms with van der Waals surface area (Å²) in [7, 11) is 0. The highest BCUT2D eigenvalue weighted by molar-refractivity contribution is 5.75. The number of nitrogens with zero attached hydrogens (tertiary/aromatic N) is 2. The molecule has 0 bridgehead atoms. The first-order valence-electron chi connectivity index (χ1n) is 7.89. The van der Waals surface area contributed by atoms with Crippen molar-refractivity contribution in [3.8, 4) is 11.5 Å². The molecule has 2 rings (SSSR count). The number of amides is 1. The van der Waals surface area contributed by atoms with Crippen molar-refractivity contribution < 1.29 is 14.3 Å². The monoisotopic (exact) mass is 317 g/mol. The highest BCUT2D eigenvalue weighted by Gasteiger charge is 2.12. The van der Waals surface area contributed by atoms with E-state index in [-0.39, 0.29) is 18.4 Å². The van der Waals surface area contributed by atoms with Crippen molar-refractivity contribution in [3.05, 3.63) is 36.2 Å². The van der Waals surface area contributed by atoms with Gasteiger partial charge in [0.2, 0.25) is 17.7 Å². The maximum atomic E-state index is 11.7. The van der Waals surface area contributed by atoms with Crippen LogP contribution in [0, 0.1) is 5.92 Å². The topological polar surface area (TPSA) is 88.2 Å². The lowest BCUT2D eigenvalue weighted by Gasteiger charge is -2.14. The van der Waals surface area contributed by atoms with Gasteiger partial charge in [0, 0.05) is 24.9 Å². The fourth-order valence-electron chi connectivity index (χ4n) is 1.99. The van der Waals surface area contributed by atoms with Gasteiger partial charge < -0.3 is 14.8 Å². The molecule has 1 amide bonds. The van der Waals surface area contributed by atoms with Crippen molar-refractivity contribution in [2.24, 2.45) is 5.92 Å². The molecule has 6 nitrogen and oxygen atoms in total. The molecule has 0 saturated heterocycles. The second-order valence-corrected chi connectivity index (χ2v) is 5.84. The van der Waals surface area contributed by atoms with E-state index >= 15 is 0 Å². The number of aliphatic hydroxyl groups excluding tert-OH is 1. The van der Waals surface area contributed by atoms with Crippen LogP contribution in [0.5, 0.6) is 0 Å². The van der Waals surface area contributed by atoms with Gasteiger partial charge in [-0.1, -0.05) is 32.0 Å². The molecule has 0 radical (unpaired) electrons. The van der Waals surface area contributed by atoms with Crippen LogP contribution in [-0.4, -0.2) is 33.9 Å². The molecule has 1 aromatic carbocycles. The second-order valence-electron chi connectivity index (χ2n) is 5.84. The van der Waals surface area contributed by atoms with Gasteiger partial charge in [0.05, 0.1) is 6.10 Å². The smallest absolute Gasteiger partial charge is 0.247 e. The van der Waals surface area contributed by atoms with E-state index in [9.17, 15) is 9.90 Å². The van der Waals surface area contributed by atoms with Crippen LogP contribution < -0.4 is 5.32 Å². The molecule has 2 aromatic rings. The number of aryl methyl sites for hydroxylation is 1. The van der Waals surface area contributed by atoms with Crippen molar-refractivity contribution in [2.45, 2.75) is 39.2 Å². The highest BCUT2D eigenvalue weighted by atomic mass is 16.4. The van der Waals surface area contributed by atoms with Gasteiger partial charge in [0.25, 0.3) is 0 Å². The molecular weight excluding hydrogens is 294 g/mol. The summed E-state index contributed by atoms with van der Waals surface area (Å²) in [6.07, 6.45) is 1.04. The molecule has 1 aromatic heterocycles. The van der Waals surface area contributed by atoms with Crippen molar-refractivity contribution in [2.75, 3.05) is 6.54 Å². The third-order valence-electron chi connectivity index (χ3n) is 3.56. The van der Waals surface area contributed by atoms with Gasteiger partial charge in [0.15, 0.2) is 0 Å². The summed E-state index contributed by atoms with van der Waals surface area (Å²) in [5.41, 5.74) is 0.881. The minimum Gasteiger partial charge on any atom is -0.421 e. The summed E-state index contributed by atoms with van der Waals surface area (Å²) in [4.78, 5) is 11.7. The van der Waals surface area contributed by atoms with Crippen LogP contribution >= 0.6 is 0 Å². The Morgan fingerprint density at radius 3 is 2.70 bits per heavy atom. The molecule has 2 N–H and O–H groups in total. The summed E-state index contributed by atoms with van der Waals surface area (Å²) in [5.74, 6) is 1.07. The van der Waals surface area contributed by atoms with Crippen LogP contribution in [0.1, 0.15) is 32.6 Å². The number of benzene rings is 1. The molecule has 0 aliphatic carbocycles.